The van der Waals surface area contributed by atoms with Crippen LogP contribution in [0.5, 0.6) is 5.75 Å². The van der Waals surface area contributed by atoms with Crippen LogP contribution in [0.4, 0.5) is 5.69 Å². The Morgan fingerprint density at radius 1 is 1.42 bits per heavy atom. The Morgan fingerprint density at radius 3 is 2.84 bits per heavy atom. The van der Waals surface area contributed by atoms with Gasteiger partial charge in [-0.1, -0.05) is 12.1 Å². The van der Waals surface area contributed by atoms with Crippen LogP contribution in [0.2, 0.25) is 0 Å². The molecular formula is C14H19N3O2. The number of anilines is 1. The van der Waals surface area contributed by atoms with Crippen LogP contribution in [0.25, 0.3) is 0 Å². The zero-order chi connectivity index (χ0) is 13.7. The van der Waals surface area contributed by atoms with Crippen molar-refractivity contribution in [3.05, 3.63) is 42.2 Å². The molecule has 0 amide bonds. The van der Waals surface area contributed by atoms with Crippen molar-refractivity contribution >= 4 is 5.69 Å². The van der Waals surface area contributed by atoms with Crippen molar-refractivity contribution in [3.8, 4) is 5.75 Å². The van der Waals surface area contributed by atoms with E-state index in [1.165, 1.54) is 0 Å². The molecule has 0 aliphatic rings. The summed E-state index contributed by atoms with van der Waals surface area (Å²) in [6, 6.07) is 7.44. The van der Waals surface area contributed by atoms with Gasteiger partial charge in [0.1, 0.15) is 5.75 Å². The van der Waals surface area contributed by atoms with Gasteiger partial charge < -0.3 is 15.2 Å². The number of nitrogens with one attached hydrogen (secondary N) is 1. The Bertz CT molecular complexity index is 525. The summed E-state index contributed by atoms with van der Waals surface area (Å²) in [6.07, 6.45) is 3.70. The molecular weight excluding hydrogens is 242 g/mol. The summed E-state index contributed by atoms with van der Waals surface area (Å²) in [4.78, 5) is 0. The van der Waals surface area contributed by atoms with E-state index in [9.17, 15) is 5.11 Å². The standard InChI is InChI=1S/C14H19N3O2/c1-3-17-9-11(8-15-17)13(10-18)16-12-6-4-5-7-14(12)19-2/h4-9,13,16,18H,3,10H2,1-2H3. The third-order valence-electron chi connectivity index (χ3n) is 3.00. The zero-order valence-electron chi connectivity index (χ0n) is 11.2. The van der Waals surface area contributed by atoms with Crippen LogP contribution < -0.4 is 10.1 Å². The van der Waals surface area contributed by atoms with Crippen LogP contribution in [0.1, 0.15) is 18.5 Å². The first-order valence-corrected chi connectivity index (χ1v) is 6.31. The quantitative estimate of drug-likeness (QED) is 0.835. The minimum atomic E-state index is -0.198. The third-order valence-corrected chi connectivity index (χ3v) is 3.00. The zero-order valence-corrected chi connectivity index (χ0v) is 11.2. The van der Waals surface area contributed by atoms with E-state index in [4.69, 9.17) is 4.74 Å². The summed E-state index contributed by atoms with van der Waals surface area (Å²) in [5.74, 6) is 0.754. The number of aliphatic hydroxyl groups is 1. The highest BCUT2D eigenvalue weighted by Crippen LogP contribution is 2.27. The average molecular weight is 261 g/mol. The predicted octanol–water partition coefficient (Wildman–Crippen LogP) is 2.06. The molecule has 1 unspecified atom stereocenters. The molecule has 0 fully saturated rings. The second-order valence-corrected chi connectivity index (χ2v) is 4.21. The first-order valence-electron chi connectivity index (χ1n) is 6.31. The highest BCUT2D eigenvalue weighted by molar-refractivity contribution is 5.57. The number of aromatic nitrogens is 2. The van der Waals surface area contributed by atoms with Gasteiger partial charge in [0, 0.05) is 18.3 Å². The van der Waals surface area contributed by atoms with E-state index in [-0.39, 0.29) is 12.6 Å². The molecule has 2 rings (SSSR count). The van der Waals surface area contributed by atoms with E-state index in [1.807, 2.05) is 42.1 Å². The Labute approximate surface area is 112 Å². The van der Waals surface area contributed by atoms with E-state index in [0.29, 0.717) is 0 Å². The molecule has 1 aromatic heterocycles. The van der Waals surface area contributed by atoms with E-state index in [2.05, 4.69) is 10.4 Å². The van der Waals surface area contributed by atoms with Crippen LogP contribution in [0.15, 0.2) is 36.7 Å². The van der Waals surface area contributed by atoms with Crippen LogP contribution in [-0.2, 0) is 6.54 Å². The number of aryl methyl sites for hydroxylation is 1. The number of hydrogen-bond acceptors (Lipinski definition) is 4. The smallest absolute Gasteiger partial charge is 0.141 e. The topological polar surface area (TPSA) is 59.3 Å². The summed E-state index contributed by atoms with van der Waals surface area (Å²) in [5.41, 5.74) is 1.81. The van der Waals surface area contributed by atoms with Gasteiger partial charge >= 0.3 is 0 Å². The first-order chi connectivity index (χ1) is 9.28. The van der Waals surface area contributed by atoms with Gasteiger partial charge in [-0.3, -0.25) is 4.68 Å². The molecule has 0 aliphatic carbocycles. The fourth-order valence-corrected chi connectivity index (χ4v) is 1.92. The van der Waals surface area contributed by atoms with E-state index in [1.54, 1.807) is 13.3 Å². The Kier molecular flexibility index (Phi) is 4.41. The lowest BCUT2D eigenvalue weighted by Gasteiger charge is -2.18. The van der Waals surface area contributed by atoms with Gasteiger partial charge in [-0.25, -0.2) is 0 Å². The van der Waals surface area contributed by atoms with Crippen molar-refractivity contribution < 1.29 is 9.84 Å². The number of aliphatic hydroxyl groups excluding tert-OH is 1. The number of nitrogens with zero attached hydrogens (tertiary/aromatic N) is 2. The van der Waals surface area contributed by atoms with Crippen LogP contribution in [0, 0.1) is 0 Å². The highest BCUT2D eigenvalue weighted by atomic mass is 16.5. The normalized spacial score (nSPS) is 12.2. The number of methoxy groups -OCH3 is 1. The number of hydrogen-bond donors (Lipinski definition) is 2. The molecule has 0 saturated carbocycles. The summed E-state index contributed by atoms with van der Waals surface area (Å²) in [5, 5.41) is 17.0. The van der Waals surface area contributed by atoms with Crippen molar-refractivity contribution in [2.75, 3.05) is 19.0 Å². The van der Waals surface area contributed by atoms with E-state index in [0.717, 1.165) is 23.5 Å². The molecule has 1 aromatic carbocycles. The maximum Gasteiger partial charge on any atom is 0.141 e. The Balaban J connectivity index is 2.18. The molecule has 19 heavy (non-hydrogen) atoms. The van der Waals surface area contributed by atoms with Crippen molar-refractivity contribution in [1.82, 2.24) is 9.78 Å². The highest BCUT2D eigenvalue weighted by Gasteiger charge is 2.14. The molecule has 2 N–H and O–H groups in total. The molecule has 0 aliphatic heterocycles. The lowest BCUT2D eigenvalue weighted by atomic mass is 10.1. The fourth-order valence-electron chi connectivity index (χ4n) is 1.92. The first kappa shape index (κ1) is 13.4. The molecule has 1 atom stereocenters. The Morgan fingerprint density at radius 2 is 2.21 bits per heavy atom. The molecule has 0 bridgehead atoms. The average Bonchev–Trinajstić information content (AvgIpc) is 2.93. The van der Waals surface area contributed by atoms with Crippen LogP contribution in [-0.4, -0.2) is 28.6 Å². The number of rotatable bonds is 6. The predicted molar refractivity (Wildman–Crippen MR) is 74.3 cm³/mol. The Hall–Kier alpha value is -2.01. The SMILES string of the molecule is CCn1cc(C(CO)Nc2ccccc2OC)cn1. The molecule has 5 nitrogen and oxygen atoms in total. The summed E-state index contributed by atoms with van der Waals surface area (Å²) in [6.45, 7) is 2.83. The van der Waals surface area contributed by atoms with Gasteiger partial charge in [-0.15, -0.1) is 0 Å². The number of benzene rings is 1. The molecule has 1 heterocycles. The molecule has 0 radical (unpaired) electrons. The number of ether oxygens (including phenoxy) is 1. The van der Waals surface area contributed by atoms with Crippen molar-refractivity contribution in [2.24, 2.45) is 0 Å². The summed E-state index contributed by atoms with van der Waals surface area (Å²) >= 11 is 0. The second kappa shape index (κ2) is 6.24. The van der Waals surface area contributed by atoms with E-state index < -0.39 is 0 Å². The van der Waals surface area contributed by atoms with Crippen LogP contribution in [0.3, 0.4) is 0 Å². The third kappa shape index (κ3) is 3.06. The lowest BCUT2D eigenvalue weighted by molar-refractivity contribution is 0.276. The summed E-state index contributed by atoms with van der Waals surface area (Å²) < 4.78 is 7.12. The van der Waals surface area contributed by atoms with Gasteiger partial charge in [0.25, 0.3) is 0 Å². The largest absolute Gasteiger partial charge is 0.495 e. The minimum Gasteiger partial charge on any atom is -0.495 e. The maximum atomic E-state index is 9.55. The van der Waals surface area contributed by atoms with E-state index >= 15 is 0 Å². The van der Waals surface area contributed by atoms with Crippen molar-refractivity contribution in [2.45, 2.75) is 19.5 Å². The lowest BCUT2D eigenvalue weighted by Crippen LogP contribution is -2.14. The minimum absolute atomic E-state index is 0.00649. The molecule has 5 heteroatoms. The van der Waals surface area contributed by atoms with Crippen molar-refractivity contribution in [1.29, 1.82) is 0 Å². The number of para-hydroxylation sites is 2. The maximum absolute atomic E-state index is 9.55. The monoisotopic (exact) mass is 261 g/mol. The molecule has 2 aromatic rings. The van der Waals surface area contributed by atoms with Crippen LogP contribution >= 0.6 is 0 Å². The van der Waals surface area contributed by atoms with Gasteiger partial charge in [0.15, 0.2) is 0 Å². The fraction of sp³-hybridized carbons (Fsp3) is 0.357. The molecule has 102 valence electrons. The van der Waals surface area contributed by atoms with Gasteiger partial charge in [0.05, 0.1) is 31.6 Å². The second-order valence-electron chi connectivity index (χ2n) is 4.21. The van der Waals surface area contributed by atoms with Gasteiger partial charge in [0.2, 0.25) is 0 Å². The van der Waals surface area contributed by atoms with Crippen molar-refractivity contribution in [3.63, 3.8) is 0 Å². The molecule has 0 saturated heterocycles. The molecule has 0 spiro atoms. The summed E-state index contributed by atoms with van der Waals surface area (Å²) in [7, 11) is 1.63. The van der Waals surface area contributed by atoms with Gasteiger partial charge in [-0.2, -0.15) is 5.10 Å². The van der Waals surface area contributed by atoms with Gasteiger partial charge in [-0.05, 0) is 19.1 Å².